The van der Waals surface area contributed by atoms with Crippen molar-refractivity contribution in [3.8, 4) is 22.8 Å². The lowest BCUT2D eigenvalue weighted by Gasteiger charge is -2.12. The highest BCUT2D eigenvalue weighted by atomic mass is 35.5. The third kappa shape index (κ3) is 8.56. The molecular weight excluding hydrogens is 544 g/mol. The molecule has 0 radical (unpaired) electrons. The van der Waals surface area contributed by atoms with Crippen molar-refractivity contribution in [3.63, 3.8) is 0 Å². The van der Waals surface area contributed by atoms with E-state index in [1.54, 1.807) is 18.3 Å². The smallest absolute Gasteiger partial charge is 0.271 e. The SMILES string of the molecule is CCCCCCOc1ccc(/C=N\NC(=O)c2ccc(-c3csc(Nc4ccc(Cl)cc4)n3)cc2)cc1OCC. The van der Waals surface area contributed by atoms with Crippen molar-refractivity contribution >= 4 is 45.9 Å². The van der Waals surface area contributed by atoms with Crippen LogP contribution < -0.4 is 20.2 Å². The monoisotopic (exact) mass is 576 g/mol. The minimum atomic E-state index is -0.303. The van der Waals surface area contributed by atoms with Gasteiger partial charge in [-0.15, -0.1) is 11.3 Å². The van der Waals surface area contributed by atoms with Crippen LogP contribution in [-0.2, 0) is 0 Å². The Morgan fingerprint density at radius 1 is 0.975 bits per heavy atom. The molecule has 1 heterocycles. The van der Waals surface area contributed by atoms with Gasteiger partial charge in [0.2, 0.25) is 0 Å². The van der Waals surface area contributed by atoms with Gasteiger partial charge in [-0.05, 0) is 73.5 Å². The van der Waals surface area contributed by atoms with E-state index in [9.17, 15) is 4.79 Å². The maximum Gasteiger partial charge on any atom is 0.271 e. The molecule has 0 fully saturated rings. The Hall–Kier alpha value is -3.88. The van der Waals surface area contributed by atoms with Gasteiger partial charge in [0, 0.05) is 27.2 Å². The van der Waals surface area contributed by atoms with Gasteiger partial charge >= 0.3 is 0 Å². The van der Waals surface area contributed by atoms with Crippen LogP contribution in [0.2, 0.25) is 5.02 Å². The van der Waals surface area contributed by atoms with E-state index in [1.165, 1.54) is 24.2 Å². The molecule has 3 aromatic carbocycles. The molecule has 40 heavy (non-hydrogen) atoms. The van der Waals surface area contributed by atoms with Crippen molar-refractivity contribution in [1.82, 2.24) is 10.4 Å². The largest absolute Gasteiger partial charge is 0.490 e. The number of hydrogen-bond donors (Lipinski definition) is 2. The summed E-state index contributed by atoms with van der Waals surface area (Å²) < 4.78 is 11.7. The van der Waals surface area contributed by atoms with Crippen LogP contribution in [0.1, 0.15) is 55.5 Å². The number of carbonyl (C=O) groups excluding carboxylic acids is 1. The summed E-state index contributed by atoms with van der Waals surface area (Å²) in [6, 6.07) is 20.3. The van der Waals surface area contributed by atoms with Gasteiger partial charge in [-0.3, -0.25) is 4.79 Å². The molecule has 1 aromatic heterocycles. The van der Waals surface area contributed by atoms with Crippen LogP contribution in [0.25, 0.3) is 11.3 Å². The fourth-order valence-corrected chi connectivity index (χ4v) is 4.71. The van der Waals surface area contributed by atoms with Crippen LogP contribution in [0.4, 0.5) is 10.8 Å². The van der Waals surface area contributed by atoms with Gasteiger partial charge in [-0.2, -0.15) is 5.10 Å². The Morgan fingerprint density at radius 2 is 1.77 bits per heavy atom. The van der Waals surface area contributed by atoms with Gasteiger partial charge < -0.3 is 14.8 Å². The molecule has 4 rings (SSSR count). The fraction of sp³-hybridized carbons (Fsp3) is 0.258. The molecule has 4 aromatic rings. The number of nitrogens with one attached hydrogen (secondary N) is 2. The molecule has 0 spiro atoms. The third-order valence-corrected chi connectivity index (χ3v) is 6.96. The van der Waals surface area contributed by atoms with Crippen molar-refractivity contribution in [3.05, 3.63) is 88.3 Å². The zero-order chi connectivity index (χ0) is 28.2. The molecule has 208 valence electrons. The van der Waals surface area contributed by atoms with E-state index < -0.39 is 0 Å². The van der Waals surface area contributed by atoms with Crippen molar-refractivity contribution in [2.45, 2.75) is 39.5 Å². The lowest BCUT2D eigenvalue weighted by molar-refractivity contribution is 0.0955. The molecule has 0 aliphatic rings. The average molecular weight is 577 g/mol. The average Bonchev–Trinajstić information content (AvgIpc) is 3.44. The Balaban J connectivity index is 1.31. The number of benzene rings is 3. The summed E-state index contributed by atoms with van der Waals surface area (Å²) in [6.07, 6.45) is 6.16. The summed E-state index contributed by atoms with van der Waals surface area (Å²) in [7, 11) is 0. The number of carbonyl (C=O) groups is 1. The van der Waals surface area contributed by atoms with Crippen LogP contribution in [0, 0.1) is 0 Å². The number of anilines is 2. The first-order valence-electron chi connectivity index (χ1n) is 13.4. The molecule has 1 amide bonds. The Labute approximate surface area is 244 Å². The number of ether oxygens (including phenoxy) is 2. The first-order chi connectivity index (χ1) is 19.6. The van der Waals surface area contributed by atoms with E-state index in [2.05, 4.69) is 27.8 Å². The lowest BCUT2D eigenvalue weighted by atomic mass is 10.1. The number of aromatic nitrogens is 1. The van der Waals surface area contributed by atoms with Gasteiger partial charge in [0.25, 0.3) is 5.91 Å². The number of rotatable bonds is 14. The molecule has 9 heteroatoms. The number of hydrogen-bond acceptors (Lipinski definition) is 7. The number of hydrazone groups is 1. The Kier molecular flexibility index (Phi) is 11.0. The summed E-state index contributed by atoms with van der Waals surface area (Å²) in [4.78, 5) is 17.3. The highest BCUT2D eigenvalue weighted by Crippen LogP contribution is 2.29. The zero-order valence-electron chi connectivity index (χ0n) is 22.7. The molecule has 0 bridgehead atoms. The van der Waals surface area contributed by atoms with Crippen LogP contribution in [-0.4, -0.2) is 30.3 Å². The zero-order valence-corrected chi connectivity index (χ0v) is 24.2. The summed E-state index contributed by atoms with van der Waals surface area (Å²) in [5.41, 5.74) is 6.53. The van der Waals surface area contributed by atoms with Crippen molar-refractivity contribution in [2.75, 3.05) is 18.5 Å². The summed E-state index contributed by atoms with van der Waals surface area (Å²) in [6.45, 7) is 5.31. The lowest BCUT2D eigenvalue weighted by Crippen LogP contribution is -2.17. The van der Waals surface area contributed by atoms with Crippen molar-refractivity contribution < 1.29 is 14.3 Å². The van der Waals surface area contributed by atoms with Crippen molar-refractivity contribution in [2.24, 2.45) is 5.10 Å². The van der Waals surface area contributed by atoms with E-state index in [1.807, 2.05) is 66.9 Å². The quantitative estimate of drug-likeness (QED) is 0.0895. The van der Waals surface area contributed by atoms with Gasteiger partial charge in [0.15, 0.2) is 16.6 Å². The summed E-state index contributed by atoms with van der Waals surface area (Å²) in [5, 5.41) is 10.8. The molecule has 0 atom stereocenters. The van der Waals surface area contributed by atoms with E-state index in [4.69, 9.17) is 21.1 Å². The summed E-state index contributed by atoms with van der Waals surface area (Å²) >= 11 is 7.45. The number of unbranched alkanes of at least 4 members (excludes halogenated alkanes) is 3. The maximum absolute atomic E-state index is 12.6. The summed E-state index contributed by atoms with van der Waals surface area (Å²) in [5.74, 6) is 1.08. The van der Waals surface area contributed by atoms with Crippen LogP contribution in [0.3, 0.4) is 0 Å². The Morgan fingerprint density at radius 3 is 2.52 bits per heavy atom. The minimum Gasteiger partial charge on any atom is -0.490 e. The molecule has 0 saturated carbocycles. The number of nitrogens with zero attached hydrogens (tertiary/aromatic N) is 2. The van der Waals surface area contributed by atoms with Gasteiger partial charge in [-0.25, -0.2) is 10.4 Å². The highest BCUT2D eigenvalue weighted by Gasteiger charge is 2.09. The topological polar surface area (TPSA) is 84.8 Å². The van der Waals surface area contributed by atoms with Gasteiger partial charge in [0.1, 0.15) is 0 Å². The molecule has 0 aliphatic carbocycles. The molecule has 0 saturated heterocycles. The number of halogens is 1. The predicted octanol–water partition coefficient (Wildman–Crippen LogP) is 8.33. The second-order valence-corrected chi connectivity index (χ2v) is 10.3. The second-order valence-electron chi connectivity index (χ2n) is 8.99. The number of amides is 1. The van der Waals surface area contributed by atoms with E-state index in [0.29, 0.717) is 35.3 Å². The van der Waals surface area contributed by atoms with E-state index in [-0.39, 0.29) is 5.91 Å². The molecule has 7 nitrogen and oxygen atoms in total. The molecular formula is C31H33ClN4O3S. The maximum atomic E-state index is 12.6. The van der Waals surface area contributed by atoms with Gasteiger partial charge in [-0.1, -0.05) is 49.9 Å². The van der Waals surface area contributed by atoms with E-state index >= 15 is 0 Å². The second kappa shape index (κ2) is 15.1. The van der Waals surface area contributed by atoms with Crippen molar-refractivity contribution in [1.29, 1.82) is 0 Å². The molecule has 2 N–H and O–H groups in total. The van der Waals surface area contributed by atoms with Crippen LogP contribution >= 0.6 is 22.9 Å². The first-order valence-corrected chi connectivity index (χ1v) is 14.6. The van der Waals surface area contributed by atoms with Gasteiger partial charge in [0.05, 0.1) is 25.1 Å². The Bertz CT molecular complexity index is 1410. The first kappa shape index (κ1) is 29.1. The fourth-order valence-electron chi connectivity index (χ4n) is 3.85. The molecule has 0 aliphatic heterocycles. The predicted molar refractivity (Wildman–Crippen MR) is 165 cm³/mol. The van der Waals surface area contributed by atoms with Crippen LogP contribution in [0.15, 0.2) is 77.2 Å². The highest BCUT2D eigenvalue weighted by molar-refractivity contribution is 7.14. The minimum absolute atomic E-state index is 0.303. The van der Waals surface area contributed by atoms with Crippen LogP contribution in [0.5, 0.6) is 11.5 Å². The number of thiazole rings is 1. The standard InChI is InChI=1S/C31H33ClN4O3S/c1-3-5-6-7-18-39-28-17-8-22(19-29(28)38-4-2)20-33-36-30(37)24-11-9-23(10-12-24)27-21-40-31(35-27)34-26-15-13-25(32)14-16-26/h8-17,19-21H,3-7,18H2,1-2H3,(H,34,35)(H,36,37)/b33-20-. The third-order valence-electron chi connectivity index (χ3n) is 5.95. The molecule has 0 unspecified atom stereocenters. The van der Waals surface area contributed by atoms with E-state index in [0.717, 1.165) is 40.5 Å². The normalized spacial score (nSPS) is 11.0.